The molecule has 21 heavy (non-hydrogen) atoms. The predicted molar refractivity (Wildman–Crippen MR) is 88.3 cm³/mol. The summed E-state index contributed by atoms with van der Waals surface area (Å²) >= 11 is 1.85. The Labute approximate surface area is 130 Å². The van der Waals surface area contributed by atoms with Gasteiger partial charge in [0.2, 0.25) is 0 Å². The fourth-order valence-electron chi connectivity index (χ4n) is 2.94. The van der Waals surface area contributed by atoms with Gasteiger partial charge >= 0.3 is 0 Å². The van der Waals surface area contributed by atoms with E-state index in [-0.39, 0.29) is 6.04 Å². The molecule has 110 valence electrons. The Morgan fingerprint density at radius 1 is 1.33 bits per heavy atom. The lowest BCUT2D eigenvalue weighted by Gasteiger charge is -2.22. The molecule has 2 aromatic rings. The first-order chi connectivity index (χ1) is 10.3. The van der Waals surface area contributed by atoms with Gasteiger partial charge in [0.05, 0.1) is 0 Å². The van der Waals surface area contributed by atoms with Crippen molar-refractivity contribution in [1.82, 2.24) is 10.4 Å². The van der Waals surface area contributed by atoms with Crippen molar-refractivity contribution in [3.05, 3.63) is 59.4 Å². The summed E-state index contributed by atoms with van der Waals surface area (Å²) in [6, 6.07) is 13.1. The van der Waals surface area contributed by atoms with Crippen LogP contribution in [0.1, 0.15) is 29.2 Å². The molecule has 2 unspecified atom stereocenters. The third-order valence-electron chi connectivity index (χ3n) is 4.15. The van der Waals surface area contributed by atoms with Crippen LogP contribution in [0.25, 0.3) is 0 Å². The van der Waals surface area contributed by atoms with Crippen molar-refractivity contribution in [1.29, 1.82) is 0 Å². The molecule has 0 amide bonds. The Morgan fingerprint density at radius 3 is 2.90 bits per heavy atom. The van der Waals surface area contributed by atoms with Crippen molar-refractivity contribution >= 4 is 11.8 Å². The SMILES string of the molecule is Cc1ccc(SCC(NN)C2CCc3cccnc32)cc1. The zero-order valence-electron chi connectivity index (χ0n) is 12.3. The van der Waals surface area contributed by atoms with Crippen molar-refractivity contribution in [2.45, 2.75) is 36.6 Å². The summed E-state index contributed by atoms with van der Waals surface area (Å²) in [5, 5.41) is 0. The maximum absolute atomic E-state index is 5.81. The second-order valence-electron chi connectivity index (χ2n) is 5.59. The molecular formula is C17H21N3S. The minimum atomic E-state index is 0.257. The zero-order valence-corrected chi connectivity index (χ0v) is 13.1. The molecule has 0 radical (unpaired) electrons. The van der Waals surface area contributed by atoms with Gasteiger partial charge in [-0.15, -0.1) is 11.8 Å². The number of hydrazine groups is 1. The molecule has 3 rings (SSSR count). The molecule has 0 spiro atoms. The highest BCUT2D eigenvalue weighted by Crippen LogP contribution is 2.35. The third-order valence-corrected chi connectivity index (χ3v) is 5.28. The number of benzene rings is 1. The van der Waals surface area contributed by atoms with Gasteiger partial charge in [-0.3, -0.25) is 16.3 Å². The molecular weight excluding hydrogens is 278 g/mol. The number of thioether (sulfide) groups is 1. The molecule has 1 aliphatic rings. The third kappa shape index (κ3) is 3.28. The van der Waals surface area contributed by atoms with E-state index >= 15 is 0 Å². The lowest BCUT2D eigenvalue weighted by atomic mass is 9.99. The maximum Gasteiger partial charge on any atom is 0.0482 e. The van der Waals surface area contributed by atoms with E-state index in [0.29, 0.717) is 5.92 Å². The number of nitrogens with zero attached hydrogens (tertiary/aromatic N) is 1. The molecule has 0 fully saturated rings. The lowest BCUT2D eigenvalue weighted by molar-refractivity contribution is 0.468. The summed E-state index contributed by atoms with van der Waals surface area (Å²) in [7, 11) is 0. The van der Waals surface area contributed by atoms with Crippen LogP contribution in [-0.4, -0.2) is 16.8 Å². The van der Waals surface area contributed by atoms with Gasteiger partial charge in [0.15, 0.2) is 0 Å². The molecule has 4 heteroatoms. The summed E-state index contributed by atoms with van der Waals surface area (Å²) in [6.45, 7) is 2.11. The highest BCUT2D eigenvalue weighted by Gasteiger charge is 2.30. The van der Waals surface area contributed by atoms with E-state index in [9.17, 15) is 0 Å². The fraction of sp³-hybridized carbons (Fsp3) is 0.353. The number of nitrogens with one attached hydrogen (secondary N) is 1. The van der Waals surface area contributed by atoms with Gasteiger partial charge < -0.3 is 0 Å². The van der Waals surface area contributed by atoms with Crippen LogP contribution in [0.15, 0.2) is 47.5 Å². The second kappa shape index (κ2) is 6.60. The first-order valence-corrected chi connectivity index (χ1v) is 8.36. The van der Waals surface area contributed by atoms with Gasteiger partial charge in [-0.1, -0.05) is 23.8 Å². The molecule has 1 aliphatic carbocycles. The monoisotopic (exact) mass is 299 g/mol. The van der Waals surface area contributed by atoms with Crippen molar-refractivity contribution in [2.24, 2.45) is 5.84 Å². The molecule has 1 heterocycles. The minimum Gasteiger partial charge on any atom is -0.271 e. The van der Waals surface area contributed by atoms with Gasteiger partial charge in [-0.2, -0.15) is 0 Å². The highest BCUT2D eigenvalue weighted by atomic mass is 32.2. The Morgan fingerprint density at radius 2 is 2.14 bits per heavy atom. The van der Waals surface area contributed by atoms with Gasteiger partial charge in [-0.05, 0) is 43.5 Å². The van der Waals surface area contributed by atoms with Crippen molar-refractivity contribution in [2.75, 3.05) is 5.75 Å². The van der Waals surface area contributed by atoms with Crippen LogP contribution >= 0.6 is 11.8 Å². The smallest absolute Gasteiger partial charge is 0.0482 e. The molecule has 0 saturated heterocycles. The molecule has 2 atom stereocenters. The van der Waals surface area contributed by atoms with Crippen LogP contribution in [0.4, 0.5) is 0 Å². The van der Waals surface area contributed by atoms with E-state index < -0.39 is 0 Å². The number of aromatic nitrogens is 1. The summed E-state index contributed by atoms with van der Waals surface area (Å²) in [4.78, 5) is 5.86. The number of nitrogens with two attached hydrogens (primary N) is 1. The van der Waals surface area contributed by atoms with Gasteiger partial charge in [0.1, 0.15) is 0 Å². The Balaban J connectivity index is 1.67. The molecule has 0 bridgehead atoms. The van der Waals surface area contributed by atoms with Crippen molar-refractivity contribution < 1.29 is 0 Å². The van der Waals surface area contributed by atoms with E-state index in [4.69, 9.17) is 5.84 Å². The average Bonchev–Trinajstić information content (AvgIpc) is 2.94. The highest BCUT2D eigenvalue weighted by molar-refractivity contribution is 7.99. The van der Waals surface area contributed by atoms with Crippen molar-refractivity contribution in [3.63, 3.8) is 0 Å². The summed E-state index contributed by atoms with van der Waals surface area (Å²) in [5.74, 6) is 7.19. The lowest BCUT2D eigenvalue weighted by Crippen LogP contribution is -2.41. The van der Waals surface area contributed by atoms with Crippen LogP contribution in [0.2, 0.25) is 0 Å². The molecule has 1 aromatic carbocycles. The minimum absolute atomic E-state index is 0.257. The summed E-state index contributed by atoms with van der Waals surface area (Å²) in [5.41, 5.74) is 6.90. The number of hydrogen-bond donors (Lipinski definition) is 2. The number of pyridine rings is 1. The van der Waals surface area contributed by atoms with Crippen LogP contribution < -0.4 is 11.3 Å². The van der Waals surface area contributed by atoms with E-state index in [2.05, 4.69) is 47.7 Å². The topological polar surface area (TPSA) is 50.9 Å². The van der Waals surface area contributed by atoms with Crippen LogP contribution in [0, 0.1) is 6.92 Å². The Kier molecular flexibility index (Phi) is 4.58. The summed E-state index contributed by atoms with van der Waals surface area (Å²) < 4.78 is 0. The number of fused-ring (bicyclic) bond motifs is 1. The predicted octanol–water partition coefficient (Wildman–Crippen LogP) is 3.04. The standard InChI is InChI=1S/C17H21N3S/c1-12-4-7-14(8-5-12)21-11-16(20-18)15-9-6-13-3-2-10-19-17(13)15/h2-5,7-8,10,15-16,20H,6,9,11,18H2,1H3. The summed E-state index contributed by atoms with van der Waals surface area (Å²) in [6.07, 6.45) is 4.13. The fourth-order valence-corrected chi connectivity index (χ4v) is 3.97. The molecule has 1 aromatic heterocycles. The normalized spacial score (nSPS) is 18.5. The Bertz CT molecular complexity index is 597. The van der Waals surface area contributed by atoms with Gasteiger partial charge in [0.25, 0.3) is 0 Å². The molecule has 0 saturated carbocycles. The maximum atomic E-state index is 5.81. The van der Waals surface area contributed by atoms with Gasteiger partial charge in [-0.25, -0.2) is 0 Å². The number of aryl methyl sites for hydroxylation is 2. The second-order valence-corrected chi connectivity index (χ2v) is 6.68. The zero-order chi connectivity index (χ0) is 14.7. The first kappa shape index (κ1) is 14.6. The van der Waals surface area contributed by atoms with E-state index in [1.807, 2.05) is 24.0 Å². The quantitative estimate of drug-likeness (QED) is 0.506. The van der Waals surface area contributed by atoms with Crippen LogP contribution in [0.3, 0.4) is 0 Å². The van der Waals surface area contributed by atoms with Crippen LogP contribution in [0.5, 0.6) is 0 Å². The average molecular weight is 299 g/mol. The molecule has 3 N–H and O–H groups in total. The number of hydrogen-bond acceptors (Lipinski definition) is 4. The molecule has 3 nitrogen and oxygen atoms in total. The van der Waals surface area contributed by atoms with Gasteiger partial charge in [0, 0.05) is 34.5 Å². The first-order valence-electron chi connectivity index (χ1n) is 7.37. The largest absolute Gasteiger partial charge is 0.271 e. The van der Waals surface area contributed by atoms with E-state index in [0.717, 1.165) is 18.6 Å². The molecule has 0 aliphatic heterocycles. The van der Waals surface area contributed by atoms with Crippen LogP contribution in [-0.2, 0) is 6.42 Å². The van der Waals surface area contributed by atoms with E-state index in [1.54, 1.807) is 0 Å². The van der Waals surface area contributed by atoms with Crippen molar-refractivity contribution in [3.8, 4) is 0 Å². The Hall–Kier alpha value is -1.36. The number of rotatable bonds is 5. The van der Waals surface area contributed by atoms with E-state index in [1.165, 1.54) is 21.7 Å².